The Bertz CT molecular complexity index is 289. The molecule has 0 spiro atoms. The summed E-state index contributed by atoms with van der Waals surface area (Å²) in [7, 11) is 0. The van der Waals surface area contributed by atoms with Crippen LogP contribution in [-0.4, -0.2) is 35.1 Å². The molecule has 2 unspecified atom stereocenters. The second kappa shape index (κ2) is 6.37. The minimum Gasteiger partial charge on any atom is -0.328 e. The van der Waals surface area contributed by atoms with E-state index in [1.165, 1.54) is 6.92 Å². The molecule has 0 aliphatic carbocycles. The molecule has 92 valence electrons. The van der Waals surface area contributed by atoms with Crippen LogP contribution in [0.5, 0.6) is 0 Å². The predicted molar refractivity (Wildman–Crippen MR) is 60.5 cm³/mol. The standard InChI is InChI=1S/C9H14N2O3.C2H6/c1-5-3-8(13)11(9(5)14)7(4-10)6(2)12;1-2/h5,7H,3-4,10H2,1-2H3;1-2H3. The van der Waals surface area contributed by atoms with E-state index in [1.807, 2.05) is 13.8 Å². The number of amides is 2. The van der Waals surface area contributed by atoms with Gasteiger partial charge in [-0.2, -0.15) is 0 Å². The van der Waals surface area contributed by atoms with Crippen molar-refractivity contribution in [1.29, 1.82) is 0 Å². The highest BCUT2D eigenvalue weighted by Crippen LogP contribution is 2.21. The molecule has 2 amide bonds. The molecule has 1 saturated heterocycles. The summed E-state index contributed by atoms with van der Waals surface area (Å²) < 4.78 is 0. The van der Waals surface area contributed by atoms with Crippen molar-refractivity contribution < 1.29 is 14.4 Å². The number of carbonyl (C=O) groups excluding carboxylic acids is 3. The van der Waals surface area contributed by atoms with Crippen molar-refractivity contribution in [3.05, 3.63) is 0 Å². The molecule has 16 heavy (non-hydrogen) atoms. The van der Waals surface area contributed by atoms with Crippen molar-refractivity contribution in [3.63, 3.8) is 0 Å². The normalized spacial score (nSPS) is 21.6. The summed E-state index contributed by atoms with van der Waals surface area (Å²) in [5, 5.41) is 0. The lowest BCUT2D eigenvalue weighted by atomic mass is 10.1. The molecule has 0 aromatic carbocycles. The van der Waals surface area contributed by atoms with Crippen LogP contribution >= 0.6 is 0 Å². The molecular formula is C11H20N2O3. The fourth-order valence-corrected chi connectivity index (χ4v) is 1.59. The molecule has 2 atom stereocenters. The third-order valence-corrected chi connectivity index (χ3v) is 2.41. The Kier molecular flexibility index (Phi) is 5.88. The molecule has 1 heterocycles. The first-order chi connectivity index (χ1) is 7.49. The summed E-state index contributed by atoms with van der Waals surface area (Å²) in [4.78, 5) is 35.1. The molecular weight excluding hydrogens is 208 g/mol. The number of carbonyl (C=O) groups is 3. The van der Waals surface area contributed by atoms with E-state index >= 15 is 0 Å². The van der Waals surface area contributed by atoms with Gasteiger partial charge in [0.15, 0.2) is 5.78 Å². The summed E-state index contributed by atoms with van der Waals surface area (Å²) in [5.74, 6) is -1.16. The van der Waals surface area contributed by atoms with Gasteiger partial charge < -0.3 is 5.73 Å². The first-order valence-electron chi connectivity index (χ1n) is 5.55. The number of rotatable bonds is 3. The maximum absolute atomic E-state index is 11.5. The van der Waals surface area contributed by atoms with E-state index in [0.717, 1.165) is 4.90 Å². The first-order valence-corrected chi connectivity index (χ1v) is 5.55. The third kappa shape index (κ3) is 2.88. The van der Waals surface area contributed by atoms with Crippen LogP contribution in [0.3, 0.4) is 0 Å². The van der Waals surface area contributed by atoms with E-state index in [1.54, 1.807) is 6.92 Å². The summed E-state index contributed by atoms with van der Waals surface area (Å²) in [6, 6.07) is -0.778. The number of hydrogen-bond donors (Lipinski definition) is 1. The Hall–Kier alpha value is -1.23. The quantitative estimate of drug-likeness (QED) is 0.705. The smallest absolute Gasteiger partial charge is 0.233 e. The van der Waals surface area contributed by atoms with Crippen LogP contribution in [0, 0.1) is 5.92 Å². The summed E-state index contributed by atoms with van der Waals surface area (Å²) in [6.07, 6.45) is 0.183. The maximum Gasteiger partial charge on any atom is 0.233 e. The number of likely N-dealkylation sites (tertiary alicyclic amines) is 1. The van der Waals surface area contributed by atoms with E-state index < -0.39 is 6.04 Å². The van der Waals surface area contributed by atoms with Crippen LogP contribution in [0.4, 0.5) is 0 Å². The Balaban J connectivity index is 0.00000106. The predicted octanol–water partition coefficient (Wildman–Crippen LogP) is 0.324. The average Bonchev–Trinajstić information content (AvgIpc) is 2.48. The second-order valence-corrected chi connectivity index (χ2v) is 3.57. The van der Waals surface area contributed by atoms with Crippen LogP contribution in [0.1, 0.15) is 34.1 Å². The molecule has 1 rings (SSSR count). The molecule has 1 aliphatic rings. The van der Waals surface area contributed by atoms with E-state index in [-0.39, 0.29) is 36.5 Å². The van der Waals surface area contributed by atoms with Crippen LogP contribution < -0.4 is 5.73 Å². The molecule has 1 aliphatic heterocycles. The van der Waals surface area contributed by atoms with Gasteiger partial charge in [0.1, 0.15) is 6.04 Å². The van der Waals surface area contributed by atoms with Gasteiger partial charge in [-0.15, -0.1) is 0 Å². The molecule has 5 nitrogen and oxygen atoms in total. The second-order valence-electron chi connectivity index (χ2n) is 3.57. The molecule has 2 N–H and O–H groups in total. The van der Waals surface area contributed by atoms with E-state index in [4.69, 9.17) is 5.73 Å². The molecule has 1 fully saturated rings. The van der Waals surface area contributed by atoms with Crippen molar-refractivity contribution in [2.75, 3.05) is 6.54 Å². The van der Waals surface area contributed by atoms with Crippen molar-refractivity contribution in [1.82, 2.24) is 4.90 Å². The van der Waals surface area contributed by atoms with Gasteiger partial charge in [0.25, 0.3) is 0 Å². The van der Waals surface area contributed by atoms with Crippen molar-refractivity contribution >= 4 is 17.6 Å². The fourth-order valence-electron chi connectivity index (χ4n) is 1.59. The number of nitrogens with zero attached hydrogens (tertiary/aromatic N) is 1. The zero-order chi connectivity index (χ0) is 12.9. The van der Waals surface area contributed by atoms with Gasteiger partial charge in [-0.3, -0.25) is 19.3 Å². The Morgan fingerprint density at radius 1 is 1.50 bits per heavy atom. The summed E-state index contributed by atoms with van der Waals surface area (Å²) in [5.41, 5.74) is 5.36. The molecule has 0 bridgehead atoms. The number of hydrogen-bond acceptors (Lipinski definition) is 4. The maximum atomic E-state index is 11.5. The highest BCUT2D eigenvalue weighted by atomic mass is 16.2. The minimum absolute atomic E-state index is 0.000463. The monoisotopic (exact) mass is 228 g/mol. The number of Topliss-reactive ketones (excluding diaryl/α,β-unsaturated/α-hetero) is 1. The highest BCUT2D eigenvalue weighted by molar-refractivity contribution is 6.06. The van der Waals surface area contributed by atoms with E-state index in [9.17, 15) is 14.4 Å². The molecule has 0 saturated carbocycles. The van der Waals surface area contributed by atoms with Crippen molar-refractivity contribution in [2.45, 2.75) is 40.2 Å². The molecule has 0 radical (unpaired) electrons. The van der Waals surface area contributed by atoms with Gasteiger partial charge >= 0.3 is 0 Å². The highest BCUT2D eigenvalue weighted by Gasteiger charge is 2.40. The zero-order valence-electron chi connectivity index (χ0n) is 10.3. The summed E-state index contributed by atoms with van der Waals surface area (Å²) >= 11 is 0. The lowest BCUT2D eigenvalue weighted by Gasteiger charge is -2.22. The minimum atomic E-state index is -0.778. The third-order valence-electron chi connectivity index (χ3n) is 2.41. The van der Waals surface area contributed by atoms with Crippen LogP contribution in [0.15, 0.2) is 0 Å². The van der Waals surface area contributed by atoms with E-state index in [0.29, 0.717) is 0 Å². The topological polar surface area (TPSA) is 80.5 Å². The first kappa shape index (κ1) is 14.8. The van der Waals surface area contributed by atoms with Gasteiger partial charge in [-0.05, 0) is 6.92 Å². The van der Waals surface area contributed by atoms with Gasteiger partial charge in [-0.1, -0.05) is 20.8 Å². The number of nitrogens with two attached hydrogens (primary N) is 1. The number of imide groups is 1. The van der Waals surface area contributed by atoms with Crippen LogP contribution in [0.25, 0.3) is 0 Å². The Morgan fingerprint density at radius 3 is 2.25 bits per heavy atom. The molecule has 0 aromatic rings. The fraction of sp³-hybridized carbons (Fsp3) is 0.727. The van der Waals surface area contributed by atoms with Gasteiger partial charge in [-0.25, -0.2) is 0 Å². The van der Waals surface area contributed by atoms with Gasteiger partial charge in [0, 0.05) is 18.9 Å². The Labute approximate surface area is 96.0 Å². The van der Waals surface area contributed by atoms with Crippen LogP contribution in [0.2, 0.25) is 0 Å². The van der Waals surface area contributed by atoms with Crippen molar-refractivity contribution in [2.24, 2.45) is 11.7 Å². The van der Waals surface area contributed by atoms with E-state index in [2.05, 4.69) is 0 Å². The van der Waals surface area contributed by atoms with Crippen LogP contribution in [-0.2, 0) is 14.4 Å². The zero-order valence-corrected chi connectivity index (χ0v) is 10.3. The van der Waals surface area contributed by atoms with Gasteiger partial charge in [0.2, 0.25) is 11.8 Å². The average molecular weight is 228 g/mol. The lowest BCUT2D eigenvalue weighted by molar-refractivity contribution is -0.145. The Morgan fingerprint density at radius 2 is 2.00 bits per heavy atom. The molecule has 0 aromatic heterocycles. The molecule has 5 heteroatoms. The summed E-state index contributed by atoms with van der Waals surface area (Å²) in [6.45, 7) is 7.01. The lowest BCUT2D eigenvalue weighted by Crippen LogP contribution is -2.48. The van der Waals surface area contributed by atoms with Crippen molar-refractivity contribution in [3.8, 4) is 0 Å². The SMILES string of the molecule is CC.CC(=O)C(CN)N1C(=O)CC(C)C1=O. The van der Waals surface area contributed by atoms with Gasteiger partial charge in [0.05, 0.1) is 0 Å². The largest absolute Gasteiger partial charge is 0.328 e. The number of ketones is 1.